The highest BCUT2D eigenvalue weighted by Crippen LogP contribution is 2.35. The average Bonchev–Trinajstić information content (AvgIpc) is 2.96. The van der Waals surface area contributed by atoms with Gasteiger partial charge in [0.25, 0.3) is 0 Å². The van der Waals surface area contributed by atoms with Crippen LogP contribution >= 0.6 is 27.7 Å². The molecule has 3 heteroatoms. The Bertz CT molecular complexity index is 1060. The van der Waals surface area contributed by atoms with Crippen LogP contribution < -0.4 is 0 Å². The van der Waals surface area contributed by atoms with Gasteiger partial charge in [0, 0.05) is 25.8 Å². The fourth-order valence-corrected chi connectivity index (χ4v) is 4.71. The molecule has 4 aromatic rings. The fraction of sp³-hybridized carbons (Fsp3) is 0.217. The van der Waals surface area contributed by atoms with Crippen LogP contribution in [0, 0.1) is 6.92 Å². The molecule has 3 aromatic carbocycles. The van der Waals surface area contributed by atoms with Crippen LogP contribution in [-0.4, -0.2) is 10.3 Å². The van der Waals surface area contributed by atoms with E-state index >= 15 is 0 Å². The molecule has 0 aliphatic heterocycles. The Labute approximate surface area is 167 Å². The quantitative estimate of drug-likeness (QED) is 0.234. The van der Waals surface area contributed by atoms with Gasteiger partial charge in [-0.3, -0.25) is 0 Å². The maximum Gasteiger partial charge on any atom is 0.0541 e. The predicted molar refractivity (Wildman–Crippen MR) is 119 cm³/mol. The minimum absolute atomic E-state index is 1.10. The lowest BCUT2D eigenvalue weighted by Gasteiger charge is -2.08. The molecule has 0 radical (unpaired) electrons. The summed E-state index contributed by atoms with van der Waals surface area (Å²) in [5.74, 6) is 1.19. The standard InChI is InChI=1S/C23H22BrNS/c1-3-4-13-26-19-10-12-23-21(15-19)20-14-16(2)5-11-22(20)25(23)18-8-6-17(24)7-9-18/h5-12,14-15H,3-4,13H2,1-2H3. The Morgan fingerprint density at radius 1 is 0.885 bits per heavy atom. The van der Waals surface area contributed by atoms with E-state index in [1.807, 2.05) is 11.8 Å². The molecule has 26 heavy (non-hydrogen) atoms. The highest BCUT2D eigenvalue weighted by atomic mass is 79.9. The van der Waals surface area contributed by atoms with Gasteiger partial charge in [-0.1, -0.05) is 40.9 Å². The van der Waals surface area contributed by atoms with Crippen LogP contribution in [0.2, 0.25) is 0 Å². The number of aromatic nitrogens is 1. The van der Waals surface area contributed by atoms with Crippen LogP contribution in [0.1, 0.15) is 25.3 Å². The van der Waals surface area contributed by atoms with E-state index in [0.29, 0.717) is 0 Å². The second-order valence-corrected chi connectivity index (χ2v) is 8.80. The van der Waals surface area contributed by atoms with Crippen LogP contribution in [-0.2, 0) is 0 Å². The van der Waals surface area contributed by atoms with Crippen molar-refractivity contribution in [2.75, 3.05) is 5.75 Å². The molecule has 0 amide bonds. The smallest absolute Gasteiger partial charge is 0.0541 e. The Morgan fingerprint density at radius 3 is 2.31 bits per heavy atom. The molecular formula is C23H22BrNS. The molecule has 0 bridgehead atoms. The van der Waals surface area contributed by atoms with Crippen molar-refractivity contribution < 1.29 is 0 Å². The van der Waals surface area contributed by atoms with Gasteiger partial charge in [-0.2, -0.15) is 0 Å². The van der Waals surface area contributed by atoms with Crippen LogP contribution in [0.15, 0.2) is 70.0 Å². The second kappa shape index (κ2) is 7.50. The largest absolute Gasteiger partial charge is 0.309 e. The van der Waals surface area contributed by atoms with E-state index in [9.17, 15) is 0 Å². The molecule has 0 aliphatic carbocycles. The van der Waals surface area contributed by atoms with Gasteiger partial charge in [-0.25, -0.2) is 0 Å². The molecule has 0 fully saturated rings. The lowest BCUT2D eigenvalue weighted by molar-refractivity contribution is 0.896. The Kier molecular flexibility index (Phi) is 5.10. The number of aryl methyl sites for hydroxylation is 1. The normalized spacial score (nSPS) is 11.5. The van der Waals surface area contributed by atoms with E-state index in [1.165, 1.54) is 56.5 Å². The summed E-state index contributed by atoms with van der Waals surface area (Å²) in [4.78, 5) is 1.36. The van der Waals surface area contributed by atoms with Gasteiger partial charge >= 0.3 is 0 Å². The monoisotopic (exact) mass is 423 g/mol. The summed E-state index contributed by atoms with van der Waals surface area (Å²) in [6, 6.07) is 22.2. The first-order chi connectivity index (χ1) is 12.7. The maximum absolute atomic E-state index is 3.55. The minimum Gasteiger partial charge on any atom is -0.309 e. The Morgan fingerprint density at radius 2 is 1.58 bits per heavy atom. The number of hydrogen-bond acceptors (Lipinski definition) is 1. The number of halogens is 1. The molecule has 0 saturated heterocycles. The minimum atomic E-state index is 1.10. The van der Waals surface area contributed by atoms with Crippen molar-refractivity contribution in [3.63, 3.8) is 0 Å². The molecular weight excluding hydrogens is 402 g/mol. The molecule has 0 saturated carbocycles. The summed E-state index contributed by atoms with van der Waals surface area (Å²) in [5.41, 5.74) is 5.04. The number of fused-ring (bicyclic) bond motifs is 3. The summed E-state index contributed by atoms with van der Waals surface area (Å²) in [5, 5.41) is 2.67. The molecule has 0 spiro atoms. The molecule has 1 nitrogen and oxygen atoms in total. The summed E-state index contributed by atoms with van der Waals surface area (Å²) >= 11 is 5.51. The van der Waals surface area contributed by atoms with Gasteiger partial charge in [-0.05, 0) is 73.7 Å². The molecule has 0 aliphatic rings. The van der Waals surface area contributed by atoms with Crippen LogP contribution in [0.4, 0.5) is 0 Å². The number of rotatable bonds is 5. The van der Waals surface area contributed by atoms with Crippen molar-refractivity contribution >= 4 is 49.5 Å². The van der Waals surface area contributed by atoms with Crippen molar-refractivity contribution in [2.45, 2.75) is 31.6 Å². The first-order valence-corrected chi connectivity index (χ1v) is 10.9. The summed E-state index contributed by atoms with van der Waals surface area (Å²) < 4.78 is 3.48. The van der Waals surface area contributed by atoms with E-state index in [-0.39, 0.29) is 0 Å². The molecule has 132 valence electrons. The predicted octanol–water partition coefficient (Wildman–Crippen LogP) is 7.75. The van der Waals surface area contributed by atoms with Gasteiger partial charge in [-0.15, -0.1) is 11.8 Å². The average molecular weight is 424 g/mol. The second-order valence-electron chi connectivity index (χ2n) is 6.71. The number of thioether (sulfide) groups is 1. The molecule has 0 unspecified atom stereocenters. The van der Waals surface area contributed by atoms with Crippen LogP contribution in [0.3, 0.4) is 0 Å². The van der Waals surface area contributed by atoms with E-state index in [0.717, 1.165) is 4.47 Å². The zero-order chi connectivity index (χ0) is 18.1. The SMILES string of the molecule is CCCCSc1ccc2c(c1)c1cc(C)ccc1n2-c1ccc(Br)cc1. The van der Waals surface area contributed by atoms with E-state index in [2.05, 4.69) is 95.0 Å². The van der Waals surface area contributed by atoms with Crippen molar-refractivity contribution in [3.05, 3.63) is 70.7 Å². The van der Waals surface area contributed by atoms with E-state index in [1.54, 1.807) is 0 Å². The van der Waals surface area contributed by atoms with Crippen molar-refractivity contribution in [1.29, 1.82) is 0 Å². The molecule has 0 atom stereocenters. The third-order valence-electron chi connectivity index (χ3n) is 4.74. The lowest BCUT2D eigenvalue weighted by Crippen LogP contribution is -1.93. The first kappa shape index (κ1) is 17.7. The summed E-state index contributed by atoms with van der Waals surface area (Å²) in [6.07, 6.45) is 2.51. The zero-order valence-corrected chi connectivity index (χ0v) is 17.5. The fourth-order valence-electron chi connectivity index (χ4n) is 3.41. The number of unbranched alkanes of at least 4 members (excludes halogenated alkanes) is 1. The third kappa shape index (κ3) is 3.30. The van der Waals surface area contributed by atoms with E-state index in [4.69, 9.17) is 0 Å². The molecule has 1 aromatic heterocycles. The number of nitrogens with zero attached hydrogens (tertiary/aromatic N) is 1. The number of benzene rings is 3. The zero-order valence-electron chi connectivity index (χ0n) is 15.1. The van der Waals surface area contributed by atoms with Crippen molar-refractivity contribution in [2.24, 2.45) is 0 Å². The van der Waals surface area contributed by atoms with E-state index < -0.39 is 0 Å². The maximum atomic E-state index is 3.55. The highest BCUT2D eigenvalue weighted by molar-refractivity contribution is 9.10. The topological polar surface area (TPSA) is 4.93 Å². The van der Waals surface area contributed by atoms with Gasteiger partial charge in [0.1, 0.15) is 0 Å². The summed E-state index contributed by atoms with van der Waals surface area (Å²) in [7, 11) is 0. The van der Waals surface area contributed by atoms with Crippen LogP contribution in [0.5, 0.6) is 0 Å². The van der Waals surface area contributed by atoms with Gasteiger partial charge in [0.15, 0.2) is 0 Å². The number of hydrogen-bond donors (Lipinski definition) is 0. The van der Waals surface area contributed by atoms with Crippen molar-refractivity contribution in [3.8, 4) is 5.69 Å². The Hall–Kier alpha value is -1.71. The lowest BCUT2D eigenvalue weighted by atomic mass is 10.1. The van der Waals surface area contributed by atoms with Gasteiger partial charge < -0.3 is 4.57 Å². The van der Waals surface area contributed by atoms with Gasteiger partial charge in [0.05, 0.1) is 11.0 Å². The highest BCUT2D eigenvalue weighted by Gasteiger charge is 2.13. The Balaban J connectivity index is 1.93. The van der Waals surface area contributed by atoms with Gasteiger partial charge in [0.2, 0.25) is 0 Å². The third-order valence-corrected chi connectivity index (χ3v) is 6.35. The first-order valence-electron chi connectivity index (χ1n) is 9.11. The van der Waals surface area contributed by atoms with Crippen LogP contribution in [0.25, 0.3) is 27.5 Å². The van der Waals surface area contributed by atoms with Crippen molar-refractivity contribution in [1.82, 2.24) is 4.57 Å². The molecule has 4 rings (SSSR count). The summed E-state index contributed by atoms with van der Waals surface area (Å²) in [6.45, 7) is 4.42. The molecule has 0 N–H and O–H groups in total. The molecule has 1 heterocycles.